The number of sulfonamides is 1. The largest absolute Gasteiger partial charge is 0.487 e. The Morgan fingerprint density at radius 1 is 0.944 bits per heavy atom. The first-order valence-electron chi connectivity index (χ1n) is 11.4. The Morgan fingerprint density at radius 2 is 1.64 bits per heavy atom. The molecule has 2 heterocycles. The summed E-state index contributed by atoms with van der Waals surface area (Å²) in [6.45, 7) is 1.75. The summed E-state index contributed by atoms with van der Waals surface area (Å²) in [5.41, 5.74) is 4.08. The number of halogens is 2. The SMILES string of the molecule is CN1CC[C@@H](Oc2cc(NS(=O)(=O)c3cc(-c4ccc(-c5ccccc5)cc4)c(Cl)s3)ccc2Cl)C1. The minimum atomic E-state index is -3.86. The van der Waals surface area contributed by atoms with Gasteiger partial charge in [-0.2, -0.15) is 0 Å². The predicted octanol–water partition coefficient (Wildman–Crippen LogP) is 7.27. The van der Waals surface area contributed by atoms with Crippen molar-refractivity contribution in [2.45, 2.75) is 16.7 Å². The first kappa shape index (κ1) is 25.1. The number of anilines is 1. The van der Waals surface area contributed by atoms with E-state index in [1.54, 1.807) is 24.3 Å². The quantitative estimate of drug-likeness (QED) is 0.259. The summed E-state index contributed by atoms with van der Waals surface area (Å²) in [5, 5.41) is 0.438. The van der Waals surface area contributed by atoms with Gasteiger partial charge >= 0.3 is 0 Å². The Balaban J connectivity index is 1.35. The standard InChI is InChI=1S/C27H24Cl2N2O3S2/c1-31-14-13-22(17-31)34-25-15-21(11-12-24(25)28)30-36(32,33)26-16-23(27(29)35-26)20-9-7-19(8-10-20)18-5-3-2-4-6-18/h2-12,15-16,22,30H,13-14,17H2,1H3/t22-/m1/s1. The number of thiophene rings is 1. The predicted molar refractivity (Wildman–Crippen MR) is 149 cm³/mol. The highest BCUT2D eigenvalue weighted by molar-refractivity contribution is 7.94. The van der Waals surface area contributed by atoms with Crippen LogP contribution in [0.15, 0.2) is 83.1 Å². The van der Waals surface area contributed by atoms with Crippen LogP contribution in [0.1, 0.15) is 6.42 Å². The van der Waals surface area contributed by atoms with Crippen molar-refractivity contribution in [3.05, 3.63) is 88.2 Å². The minimum Gasteiger partial charge on any atom is -0.487 e. The number of hydrogen-bond donors (Lipinski definition) is 1. The van der Waals surface area contributed by atoms with Crippen molar-refractivity contribution in [2.24, 2.45) is 0 Å². The molecule has 4 aromatic rings. The lowest BCUT2D eigenvalue weighted by atomic mass is 10.0. The highest BCUT2D eigenvalue weighted by Crippen LogP contribution is 2.39. The molecule has 0 radical (unpaired) electrons. The Kier molecular flexibility index (Phi) is 7.28. The molecule has 1 fully saturated rings. The lowest BCUT2D eigenvalue weighted by molar-refractivity contribution is 0.208. The molecule has 9 heteroatoms. The van der Waals surface area contributed by atoms with Crippen molar-refractivity contribution in [2.75, 3.05) is 24.9 Å². The maximum Gasteiger partial charge on any atom is 0.271 e. The third kappa shape index (κ3) is 5.56. The van der Waals surface area contributed by atoms with Gasteiger partial charge in [0.05, 0.1) is 10.7 Å². The van der Waals surface area contributed by atoms with E-state index in [9.17, 15) is 8.42 Å². The number of ether oxygens (including phenoxy) is 1. The minimum absolute atomic E-state index is 0.0197. The van der Waals surface area contributed by atoms with E-state index in [0.717, 1.165) is 47.5 Å². The number of likely N-dealkylation sites (N-methyl/N-ethyl adjacent to an activating group) is 1. The van der Waals surface area contributed by atoms with Gasteiger partial charge in [-0.1, -0.05) is 77.8 Å². The molecule has 186 valence electrons. The number of rotatable bonds is 7. The summed E-state index contributed by atoms with van der Waals surface area (Å²) in [6.07, 6.45) is 0.914. The van der Waals surface area contributed by atoms with Crippen LogP contribution in [-0.2, 0) is 10.0 Å². The van der Waals surface area contributed by atoms with E-state index >= 15 is 0 Å². The molecule has 1 aliphatic rings. The molecular formula is C27H24Cl2N2O3S2. The Bertz CT molecular complexity index is 1470. The molecule has 1 aliphatic heterocycles. The number of benzene rings is 3. The van der Waals surface area contributed by atoms with Gasteiger partial charge in [0.2, 0.25) is 0 Å². The van der Waals surface area contributed by atoms with E-state index in [-0.39, 0.29) is 10.3 Å². The van der Waals surface area contributed by atoms with Crippen LogP contribution in [-0.4, -0.2) is 39.6 Å². The molecular weight excluding hydrogens is 535 g/mol. The summed E-state index contributed by atoms with van der Waals surface area (Å²) in [7, 11) is -1.83. The van der Waals surface area contributed by atoms with Gasteiger partial charge in [-0.05, 0) is 48.4 Å². The van der Waals surface area contributed by atoms with Crippen molar-refractivity contribution in [1.82, 2.24) is 4.90 Å². The van der Waals surface area contributed by atoms with Crippen LogP contribution < -0.4 is 9.46 Å². The molecule has 5 rings (SSSR count). The van der Waals surface area contributed by atoms with Gasteiger partial charge < -0.3 is 9.64 Å². The van der Waals surface area contributed by atoms with Crippen LogP contribution in [0, 0.1) is 0 Å². The van der Waals surface area contributed by atoms with Gasteiger partial charge in [0.15, 0.2) is 0 Å². The van der Waals surface area contributed by atoms with Crippen molar-refractivity contribution >= 4 is 50.2 Å². The zero-order chi connectivity index (χ0) is 25.3. The molecule has 36 heavy (non-hydrogen) atoms. The Labute approximate surface area is 225 Å². The summed E-state index contributed by atoms with van der Waals surface area (Å²) in [4.78, 5) is 2.18. The van der Waals surface area contributed by atoms with E-state index < -0.39 is 10.0 Å². The lowest BCUT2D eigenvalue weighted by Crippen LogP contribution is -2.21. The summed E-state index contributed by atoms with van der Waals surface area (Å²) in [5.74, 6) is 0.459. The van der Waals surface area contributed by atoms with Crippen molar-refractivity contribution in [3.8, 4) is 28.0 Å². The molecule has 1 atom stereocenters. The highest BCUT2D eigenvalue weighted by atomic mass is 35.5. The fourth-order valence-electron chi connectivity index (χ4n) is 4.18. The van der Waals surface area contributed by atoms with Crippen molar-refractivity contribution in [1.29, 1.82) is 0 Å². The van der Waals surface area contributed by atoms with Crippen LogP contribution in [0.2, 0.25) is 9.36 Å². The molecule has 1 aromatic heterocycles. The van der Waals surface area contributed by atoms with Crippen LogP contribution in [0.25, 0.3) is 22.3 Å². The molecule has 3 aromatic carbocycles. The van der Waals surface area contributed by atoms with Gasteiger partial charge in [-0.25, -0.2) is 8.42 Å². The molecule has 0 spiro atoms. The van der Waals surface area contributed by atoms with Crippen LogP contribution in [0.5, 0.6) is 5.75 Å². The first-order valence-corrected chi connectivity index (χ1v) is 14.5. The van der Waals surface area contributed by atoms with Crippen molar-refractivity contribution in [3.63, 3.8) is 0 Å². The van der Waals surface area contributed by atoms with E-state index in [0.29, 0.717) is 26.4 Å². The fraction of sp³-hybridized carbons (Fsp3) is 0.185. The molecule has 0 aliphatic carbocycles. The number of nitrogens with one attached hydrogen (secondary N) is 1. The van der Waals surface area contributed by atoms with Gasteiger partial charge in [0.1, 0.15) is 20.4 Å². The van der Waals surface area contributed by atoms with Crippen LogP contribution in [0.3, 0.4) is 0 Å². The number of likely N-dealkylation sites (tertiary alicyclic amines) is 1. The first-order chi connectivity index (χ1) is 17.3. The highest BCUT2D eigenvalue weighted by Gasteiger charge is 2.24. The van der Waals surface area contributed by atoms with E-state index in [4.69, 9.17) is 27.9 Å². The average molecular weight is 560 g/mol. The van der Waals surface area contributed by atoms with Crippen LogP contribution >= 0.6 is 34.5 Å². The second-order valence-electron chi connectivity index (χ2n) is 8.74. The molecule has 1 saturated heterocycles. The third-order valence-corrected chi connectivity index (χ3v) is 9.58. The molecule has 1 N–H and O–H groups in total. The Morgan fingerprint density at radius 3 is 2.33 bits per heavy atom. The molecule has 0 bridgehead atoms. The summed E-state index contributed by atoms with van der Waals surface area (Å²) < 4.78 is 35.6. The van der Waals surface area contributed by atoms with Crippen LogP contribution in [0.4, 0.5) is 5.69 Å². The normalized spacial score (nSPS) is 16.2. The fourth-order valence-corrected chi connectivity index (χ4v) is 7.16. The summed E-state index contributed by atoms with van der Waals surface area (Å²) >= 11 is 13.8. The second-order valence-corrected chi connectivity index (χ2v) is 12.7. The third-order valence-electron chi connectivity index (χ3n) is 6.06. The number of hydrogen-bond acceptors (Lipinski definition) is 5. The zero-order valence-electron chi connectivity index (χ0n) is 19.4. The smallest absolute Gasteiger partial charge is 0.271 e. The van der Waals surface area contributed by atoms with E-state index in [1.165, 1.54) is 0 Å². The van der Waals surface area contributed by atoms with Gasteiger partial charge in [0.25, 0.3) is 10.0 Å². The molecule has 0 amide bonds. The lowest BCUT2D eigenvalue weighted by Gasteiger charge is -2.16. The number of nitrogens with zero attached hydrogens (tertiary/aromatic N) is 1. The van der Waals surface area contributed by atoms with Gasteiger partial charge in [-0.3, -0.25) is 4.72 Å². The topological polar surface area (TPSA) is 58.6 Å². The second kappa shape index (κ2) is 10.4. The Hall–Kier alpha value is -2.55. The maximum atomic E-state index is 13.2. The van der Waals surface area contributed by atoms with Gasteiger partial charge in [-0.15, -0.1) is 11.3 Å². The molecule has 5 nitrogen and oxygen atoms in total. The monoisotopic (exact) mass is 558 g/mol. The average Bonchev–Trinajstić information content (AvgIpc) is 3.47. The molecule has 0 saturated carbocycles. The maximum absolute atomic E-state index is 13.2. The zero-order valence-corrected chi connectivity index (χ0v) is 22.6. The van der Waals surface area contributed by atoms with Crippen molar-refractivity contribution < 1.29 is 13.2 Å². The van der Waals surface area contributed by atoms with E-state index in [2.05, 4.69) is 9.62 Å². The van der Waals surface area contributed by atoms with Gasteiger partial charge in [0, 0.05) is 24.7 Å². The summed E-state index contributed by atoms with van der Waals surface area (Å²) in [6, 6.07) is 24.4. The van der Waals surface area contributed by atoms with E-state index in [1.807, 2.05) is 61.6 Å². The molecule has 0 unspecified atom stereocenters.